The van der Waals surface area contributed by atoms with Crippen LogP contribution in [-0.2, 0) is 11.2 Å². The molecular formula is C21H22N6O2. The second-order valence-corrected chi connectivity index (χ2v) is 6.79. The van der Waals surface area contributed by atoms with Gasteiger partial charge in [-0.2, -0.15) is 0 Å². The van der Waals surface area contributed by atoms with Gasteiger partial charge in [0.15, 0.2) is 11.6 Å². The van der Waals surface area contributed by atoms with E-state index in [-0.39, 0.29) is 5.56 Å². The number of aromatic nitrogens is 4. The molecule has 1 aromatic carbocycles. The summed E-state index contributed by atoms with van der Waals surface area (Å²) in [6.45, 7) is 3.07. The van der Waals surface area contributed by atoms with Crippen molar-refractivity contribution >= 4 is 12.1 Å². The van der Waals surface area contributed by atoms with Crippen molar-refractivity contribution in [1.82, 2.24) is 24.8 Å². The van der Waals surface area contributed by atoms with E-state index in [2.05, 4.69) is 20.3 Å². The Morgan fingerprint density at radius 3 is 2.48 bits per heavy atom. The fourth-order valence-corrected chi connectivity index (χ4v) is 3.35. The molecule has 0 amide bonds. The molecule has 8 heteroatoms. The van der Waals surface area contributed by atoms with Crippen LogP contribution in [0.3, 0.4) is 0 Å². The molecule has 0 atom stereocenters. The van der Waals surface area contributed by atoms with Crippen LogP contribution in [0, 0.1) is 0 Å². The molecule has 1 fully saturated rings. The number of piperazine rings is 1. The Bertz CT molecular complexity index is 1030. The topological polar surface area (TPSA) is 93.0 Å². The van der Waals surface area contributed by atoms with E-state index in [9.17, 15) is 9.59 Å². The zero-order valence-electron chi connectivity index (χ0n) is 16.0. The third-order valence-electron chi connectivity index (χ3n) is 4.84. The van der Waals surface area contributed by atoms with Crippen LogP contribution < -0.4 is 15.8 Å². The number of aldehydes is 1. The highest BCUT2D eigenvalue weighted by Gasteiger charge is 2.18. The molecule has 2 aromatic heterocycles. The van der Waals surface area contributed by atoms with Crippen LogP contribution in [0.15, 0.2) is 53.7 Å². The second-order valence-electron chi connectivity index (χ2n) is 6.79. The maximum atomic E-state index is 13.2. The molecule has 1 N–H and O–H groups in total. The quantitative estimate of drug-likeness (QED) is 0.633. The van der Waals surface area contributed by atoms with Gasteiger partial charge in [0, 0.05) is 62.4 Å². The molecule has 0 spiro atoms. The van der Waals surface area contributed by atoms with Crippen molar-refractivity contribution < 1.29 is 4.79 Å². The monoisotopic (exact) mass is 390 g/mol. The Kier molecular flexibility index (Phi) is 5.71. The maximum Gasteiger partial charge on any atom is 0.298 e. The minimum absolute atomic E-state index is 0.162. The Balaban J connectivity index is 1.73. The number of benzene rings is 1. The molecule has 1 aliphatic rings. The van der Waals surface area contributed by atoms with Crippen molar-refractivity contribution in [2.45, 2.75) is 12.8 Å². The molecule has 1 saturated heterocycles. The summed E-state index contributed by atoms with van der Waals surface area (Å²) >= 11 is 0. The molecule has 0 bridgehead atoms. The fraction of sp³-hybridized carbons (Fsp3) is 0.286. The van der Waals surface area contributed by atoms with Gasteiger partial charge >= 0.3 is 0 Å². The van der Waals surface area contributed by atoms with Crippen molar-refractivity contribution in [3.05, 3.63) is 65.0 Å². The maximum absolute atomic E-state index is 13.2. The van der Waals surface area contributed by atoms with Gasteiger partial charge < -0.3 is 15.0 Å². The van der Waals surface area contributed by atoms with Crippen molar-refractivity contribution in [2.24, 2.45) is 0 Å². The lowest BCUT2D eigenvalue weighted by Gasteiger charge is -2.28. The number of hydrogen-bond donors (Lipinski definition) is 1. The van der Waals surface area contributed by atoms with Gasteiger partial charge in [0.25, 0.3) is 5.56 Å². The van der Waals surface area contributed by atoms with Crippen molar-refractivity contribution in [3.63, 3.8) is 0 Å². The minimum Gasteiger partial charge on any atom is -0.349 e. The minimum atomic E-state index is -0.162. The van der Waals surface area contributed by atoms with Gasteiger partial charge in [-0.05, 0) is 36.8 Å². The number of nitrogens with one attached hydrogen (secondary N) is 1. The number of carbonyl (C=O) groups excluding carboxylic acids is 1. The summed E-state index contributed by atoms with van der Waals surface area (Å²) in [5.74, 6) is 1.07. The van der Waals surface area contributed by atoms with Gasteiger partial charge in [0.05, 0.1) is 5.69 Å². The third kappa shape index (κ3) is 4.22. The van der Waals surface area contributed by atoms with Crippen molar-refractivity contribution in [1.29, 1.82) is 0 Å². The first-order valence-corrected chi connectivity index (χ1v) is 9.66. The normalized spacial score (nSPS) is 14.0. The van der Waals surface area contributed by atoms with E-state index in [4.69, 9.17) is 0 Å². The molecule has 1 aliphatic heterocycles. The first-order valence-electron chi connectivity index (χ1n) is 9.66. The highest BCUT2D eigenvalue weighted by molar-refractivity contribution is 5.57. The number of anilines is 1. The smallest absolute Gasteiger partial charge is 0.298 e. The summed E-state index contributed by atoms with van der Waals surface area (Å²) in [5, 5.41) is 3.28. The van der Waals surface area contributed by atoms with Gasteiger partial charge in [-0.3, -0.25) is 9.36 Å². The van der Waals surface area contributed by atoms with Gasteiger partial charge in [0.2, 0.25) is 0 Å². The molecule has 148 valence electrons. The first kappa shape index (κ1) is 18.9. The molecule has 4 rings (SSSR count). The predicted molar refractivity (Wildman–Crippen MR) is 110 cm³/mol. The Morgan fingerprint density at radius 2 is 1.79 bits per heavy atom. The van der Waals surface area contributed by atoms with E-state index >= 15 is 0 Å². The van der Waals surface area contributed by atoms with Crippen LogP contribution in [0.1, 0.15) is 12.1 Å². The van der Waals surface area contributed by atoms with Crippen LogP contribution in [0.5, 0.6) is 0 Å². The molecule has 3 aromatic rings. The number of carbonyl (C=O) groups is 1. The predicted octanol–water partition coefficient (Wildman–Crippen LogP) is 1.23. The largest absolute Gasteiger partial charge is 0.349 e. The fourth-order valence-electron chi connectivity index (χ4n) is 3.35. The lowest BCUT2D eigenvalue weighted by molar-refractivity contribution is -0.107. The van der Waals surface area contributed by atoms with Gasteiger partial charge in [-0.15, -0.1) is 0 Å². The summed E-state index contributed by atoms with van der Waals surface area (Å²) in [4.78, 5) is 39.1. The Hall–Kier alpha value is -3.39. The van der Waals surface area contributed by atoms with E-state index in [0.717, 1.165) is 49.4 Å². The van der Waals surface area contributed by atoms with Gasteiger partial charge in [-0.1, -0.05) is 0 Å². The standard InChI is InChI=1S/C21H22N6O2/c28-14-1-3-17-15-27(21(29)20(25-17)26-12-10-22-11-13-26)18-6-4-16(5-7-18)19-23-8-2-9-24-19/h2,4-9,14-15,22H,1,3,10-13H2. The van der Waals surface area contributed by atoms with Crippen LogP contribution >= 0.6 is 0 Å². The van der Waals surface area contributed by atoms with E-state index in [1.165, 1.54) is 0 Å². The van der Waals surface area contributed by atoms with E-state index in [0.29, 0.717) is 24.5 Å². The average molecular weight is 390 g/mol. The molecule has 0 saturated carbocycles. The summed E-state index contributed by atoms with van der Waals surface area (Å²) in [6, 6.07) is 9.31. The molecule has 0 unspecified atom stereocenters. The SMILES string of the molecule is O=CCCc1cn(-c2ccc(-c3ncccn3)cc2)c(=O)c(N2CCNCC2)n1. The second kappa shape index (κ2) is 8.74. The summed E-state index contributed by atoms with van der Waals surface area (Å²) in [5.41, 5.74) is 2.17. The zero-order chi connectivity index (χ0) is 20.1. The van der Waals surface area contributed by atoms with E-state index in [1.807, 2.05) is 29.2 Å². The lowest BCUT2D eigenvalue weighted by atomic mass is 10.2. The Morgan fingerprint density at radius 1 is 1.07 bits per heavy atom. The van der Waals surface area contributed by atoms with Crippen LogP contribution in [0.4, 0.5) is 5.82 Å². The molecular weight excluding hydrogens is 368 g/mol. The first-order chi connectivity index (χ1) is 14.3. The van der Waals surface area contributed by atoms with E-state index < -0.39 is 0 Å². The van der Waals surface area contributed by atoms with Crippen molar-refractivity contribution in [2.75, 3.05) is 31.1 Å². The lowest BCUT2D eigenvalue weighted by Crippen LogP contribution is -2.46. The summed E-state index contributed by atoms with van der Waals surface area (Å²) in [6.07, 6.45) is 6.86. The average Bonchev–Trinajstić information content (AvgIpc) is 2.79. The number of aryl methyl sites for hydroxylation is 1. The van der Waals surface area contributed by atoms with Crippen LogP contribution in [-0.4, -0.2) is 52.0 Å². The number of nitrogens with zero attached hydrogens (tertiary/aromatic N) is 5. The van der Waals surface area contributed by atoms with Crippen LogP contribution in [0.25, 0.3) is 17.1 Å². The summed E-state index contributed by atoms with van der Waals surface area (Å²) < 4.78 is 1.61. The highest BCUT2D eigenvalue weighted by atomic mass is 16.1. The molecule has 29 heavy (non-hydrogen) atoms. The third-order valence-corrected chi connectivity index (χ3v) is 4.84. The number of rotatable bonds is 6. The van der Waals surface area contributed by atoms with Crippen molar-refractivity contribution in [3.8, 4) is 17.1 Å². The van der Waals surface area contributed by atoms with Gasteiger partial charge in [0.1, 0.15) is 6.29 Å². The number of hydrogen-bond acceptors (Lipinski definition) is 7. The molecule has 8 nitrogen and oxygen atoms in total. The molecule has 0 radical (unpaired) electrons. The Labute approximate surface area is 168 Å². The van der Waals surface area contributed by atoms with E-state index in [1.54, 1.807) is 29.2 Å². The van der Waals surface area contributed by atoms with Gasteiger partial charge in [-0.25, -0.2) is 15.0 Å². The highest BCUT2D eigenvalue weighted by Crippen LogP contribution is 2.18. The van der Waals surface area contributed by atoms with Crippen LogP contribution in [0.2, 0.25) is 0 Å². The summed E-state index contributed by atoms with van der Waals surface area (Å²) in [7, 11) is 0. The molecule has 3 heterocycles. The zero-order valence-corrected chi connectivity index (χ0v) is 16.0. The molecule has 0 aliphatic carbocycles.